The fourth-order valence-electron chi connectivity index (χ4n) is 1.47. The van der Waals surface area contributed by atoms with Gasteiger partial charge in [0.1, 0.15) is 0 Å². The van der Waals surface area contributed by atoms with Crippen molar-refractivity contribution >= 4 is 27.7 Å². The molecule has 0 bridgehead atoms. The summed E-state index contributed by atoms with van der Waals surface area (Å²) in [5.74, 6) is 0. The molecule has 0 N–H and O–H groups in total. The number of hydrogen-bond acceptors (Lipinski definition) is 1. The van der Waals surface area contributed by atoms with Crippen molar-refractivity contribution < 1.29 is 4.79 Å². The monoisotopic (exact) mass is 237 g/mol. The van der Waals surface area contributed by atoms with Crippen molar-refractivity contribution in [3.8, 4) is 0 Å². The topological polar surface area (TPSA) is 21.5 Å². The number of aryl methyl sites for hydroxylation is 1. The predicted molar refractivity (Wildman–Crippen MR) is 55.2 cm³/mol. The van der Waals surface area contributed by atoms with Gasteiger partial charge in [0.05, 0.1) is 5.52 Å². The predicted octanol–water partition coefficient (Wildman–Crippen LogP) is 2.82. The van der Waals surface area contributed by atoms with Crippen LogP contribution in [0, 0.1) is 6.92 Å². The zero-order valence-corrected chi connectivity index (χ0v) is 8.71. The zero-order chi connectivity index (χ0) is 9.42. The number of aldehydes is 1. The fraction of sp³-hybridized carbons (Fsp3) is 0.100. The highest BCUT2D eigenvalue weighted by atomic mass is 79.9. The minimum Gasteiger partial charge on any atom is -0.320 e. The molecule has 0 saturated heterocycles. The molecule has 0 amide bonds. The molecule has 2 nitrogen and oxygen atoms in total. The van der Waals surface area contributed by atoms with Crippen LogP contribution in [0.25, 0.3) is 5.52 Å². The fourth-order valence-corrected chi connectivity index (χ4v) is 1.80. The second-order valence-electron chi connectivity index (χ2n) is 2.96. The Kier molecular flexibility index (Phi) is 1.96. The third-order valence-electron chi connectivity index (χ3n) is 2.08. The Morgan fingerprint density at radius 1 is 1.46 bits per heavy atom. The number of carbonyl (C=O) groups is 1. The van der Waals surface area contributed by atoms with Crippen LogP contribution in [0.3, 0.4) is 0 Å². The molecule has 0 fully saturated rings. The maximum Gasteiger partial charge on any atom is 0.152 e. The van der Waals surface area contributed by atoms with E-state index in [-0.39, 0.29) is 0 Å². The maximum absolute atomic E-state index is 10.7. The molecular formula is C10H8BrNO. The van der Waals surface area contributed by atoms with E-state index in [1.165, 1.54) is 0 Å². The Morgan fingerprint density at radius 3 is 2.92 bits per heavy atom. The van der Waals surface area contributed by atoms with E-state index >= 15 is 0 Å². The summed E-state index contributed by atoms with van der Waals surface area (Å²) in [6, 6.07) is 5.78. The summed E-state index contributed by atoms with van der Waals surface area (Å²) >= 11 is 3.38. The molecule has 2 aromatic heterocycles. The molecule has 13 heavy (non-hydrogen) atoms. The Hall–Kier alpha value is -1.09. The first kappa shape index (κ1) is 8.51. The third-order valence-corrected chi connectivity index (χ3v) is 2.58. The van der Waals surface area contributed by atoms with E-state index in [9.17, 15) is 4.79 Å². The third kappa shape index (κ3) is 1.29. The van der Waals surface area contributed by atoms with Crippen LogP contribution in [0.2, 0.25) is 0 Å². The van der Waals surface area contributed by atoms with Gasteiger partial charge in [0, 0.05) is 21.9 Å². The van der Waals surface area contributed by atoms with Gasteiger partial charge >= 0.3 is 0 Å². The van der Waals surface area contributed by atoms with Crippen LogP contribution in [0.5, 0.6) is 0 Å². The number of rotatable bonds is 1. The van der Waals surface area contributed by atoms with Crippen LogP contribution in [-0.2, 0) is 0 Å². The van der Waals surface area contributed by atoms with Gasteiger partial charge in [-0.3, -0.25) is 4.79 Å². The zero-order valence-electron chi connectivity index (χ0n) is 7.12. The highest BCUT2D eigenvalue weighted by molar-refractivity contribution is 9.10. The summed E-state index contributed by atoms with van der Waals surface area (Å²) in [4.78, 5) is 10.7. The summed E-state index contributed by atoms with van der Waals surface area (Å²) in [7, 11) is 0. The first-order valence-corrected chi connectivity index (χ1v) is 4.74. The molecule has 0 atom stereocenters. The molecular weight excluding hydrogens is 230 g/mol. The van der Waals surface area contributed by atoms with Gasteiger partial charge in [0.25, 0.3) is 0 Å². The van der Waals surface area contributed by atoms with Gasteiger partial charge < -0.3 is 4.40 Å². The van der Waals surface area contributed by atoms with Crippen molar-refractivity contribution in [3.05, 3.63) is 40.1 Å². The first-order chi connectivity index (χ1) is 6.22. The molecule has 2 rings (SSSR count). The van der Waals surface area contributed by atoms with E-state index in [2.05, 4.69) is 15.9 Å². The van der Waals surface area contributed by atoms with Gasteiger partial charge in [-0.2, -0.15) is 0 Å². The van der Waals surface area contributed by atoms with Crippen molar-refractivity contribution in [3.63, 3.8) is 0 Å². The molecule has 0 saturated carbocycles. The van der Waals surface area contributed by atoms with Crippen molar-refractivity contribution in [2.24, 2.45) is 0 Å². The van der Waals surface area contributed by atoms with E-state index in [1.54, 1.807) is 0 Å². The number of fused-ring (bicyclic) bond motifs is 1. The lowest BCUT2D eigenvalue weighted by Gasteiger charge is -1.97. The van der Waals surface area contributed by atoms with Gasteiger partial charge in [-0.05, 0) is 25.1 Å². The molecule has 0 aliphatic rings. The van der Waals surface area contributed by atoms with Crippen molar-refractivity contribution in [2.45, 2.75) is 6.92 Å². The van der Waals surface area contributed by atoms with Crippen LogP contribution in [0.15, 0.2) is 28.9 Å². The normalized spacial score (nSPS) is 10.6. The first-order valence-electron chi connectivity index (χ1n) is 3.95. The molecule has 0 aliphatic heterocycles. The average molecular weight is 238 g/mol. The van der Waals surface area contributed by atoms with Gasteiger partial charge in [0.15, 0.2) is 6.29 Å². The van der Waals surface area contributed by atoms with Crippen molar-refractivity contribution in [1.82, 2.24) is 4.40 Å². The van der Waals surface area contributed by atoms with Crippen LogP contribution < -0.4 is 0 Å². The van der Waals surface area contributed by atoms with E-state index < -0.39 is 0 Å². The molecule has 0 spiro atoms. The van der Waals surface area contributed by atoms with Crippen LogP contribution in [0.1, 0.15) is 16.1 Å². The quantitative estimate of drug-likeness (QED) is 0.700. The lowest BCUT2D eigenvalue weighted by atomic mass is 10.3. The van der Waals surface area contributed by atoms with Gasteiger partial charge in [0.2, 0.25) is 0 Å². The second kappa shape index (κ2) is 3.00. The smallest absolute Gasteiger partial charge is 0.152 e. The number of hydrogen-bond donors (Lipinski definition) is 0. The summed E-state index contributed by atoms with van der Waals surface area (Å²) in [5.41, 5.74) is 2.75. The highest BCUT2D eigenvalue weighted by Gasteiger charge is 2.04. The molecule has 2 aromatic rings. The lowest BCUT2D eigenvalue weighted by Crippen LogP contribution is -1.85. The molecule has 66 valence electrons. The van der Waals surface area contributed by atoms with Gasteiger partial charge in [-0.15, -0.1) is 0 Å². The molecule has 3 heteroatoms. The second-order valence-corrected chi connectivity index (χ2v) is 3.87. The molecule has 0 aliphatic carbocycles. The van der Waals surface area contributed by atoms with E-state index in [0.29, 0.717) is 0 Å². The maximum atomic E-state index is 10.7. The molecule has 0 aromatic carbocycles. The van der Waals surface area contributed by atoms with Crippen molar-refractivity contribution in [2.75, 3.05) is 0 Å². The Balaban J connectivity index is 2.89. The van der Waals surface area contributed by atoms with E-state index in [0.717, 1.165) is 27.5 Å². The van der Waals surface area contributed by atoms with Gasteiger partial charge in [-0.1, -0.05) is 15.9 Å². The summed E-state index contributed by atoms with van der Waals surface area (Å²) in [6.07, 6.45) is 2.83. The number of pyridine rings is 1. The average Bonchev–Trinajstić information content (AvgIpc) is 2.42. The SMILES string of the molecule is Cc1cc(C=O)c2cc(Br)ccn12. The number of carbonyl (C=O) groups excluding carboxylic acids is 1. The molecule has 2 heterocycles. The summed E-state index contributed by atoms with van der Waals surface area (Å²) in [5, 5.41) is 0. The van der Waals surface area contributed by atoms with Crippen molar-refractivity contribution in [1.29, 1.82) is 0 Å². The number of nitrogens with zero attached hydrogens (tertiary/aromatic N) is 1. The Labute approximate surface area is 84.3 Å². The lowest BCUT2D eigenvalue weighted by molar-refractivity contribution is 0.112. The number of halogens is 1. The Bertz CT molecular complexity index is 473. The standard InChI is InChI=1S/C10H8BrNO/c1-7-4-8(6-13)10-5-9(11)2-3-12(7)10/h2-6H,1H3. The largest absolute Gasteiger partial charge is 0.320 e. The minimum atomic E-state index is 0.735. The molecule has 0 radical (unpaired) electrons. The van der Waals surface area contributed by atoms with Crippen LogP contribution >= 0.6 is 15.9 Å². The molecule has 0 unspecified atom stereocenters. The Morgan fingerprint density at radius 2 is 2.23 bits per heavy atom. The minimum absolute atomic E-state index is 0.735. The highest BCUT2D eigenvalue weighted by Crippen LogP contribution is 2.19. The van der Waals surface area contributed by atoms with E-state index in [1.807, 2.05) is 35.7 Å². The van der Waals surface area contributed by atoms with Crippen LogP contribution in [-0.4, -0.2) is 10.7 Å². The van der Waals surface area contributed by atoms with Gasteiger partial charge in [-0.25, -0.2) is 0 Å². The van der Waals surface area contributed by atoms with Crippen LogP contribution in [0.4, 0.5) is 0 Å². The summed E-state index contributed by atoms with van der Waals surface area (Å²) < 4.78 is 2.98. The van der Waals surface area contributed by atoms with E-state index in [4.69, 9.17) is 0 Å². The summed E-state index contributed by atoms with van der Waals surface area (Å²) in [6.45, 7) is 1.98. The number of aromatic nitrogens is 1.